The first-order valence-corrected chi connectivity index (χ1v) is 14.8. The Kier molecular flexibility index (Phi) is 4.90. The maximum absolute atomic E-state index is 11.1. The van der Waals surface area contributed by atoms with E-state index in [0.29, 0.717) is 12.2 Å². The Balaban J connectivity index is 3.97. The van der Waals surface area contributed by atoms with Crippen molar-refractivity contribution in [1.82, 2.24) is 0 Å². The van der Waals surface area contributed by atoms with Crippen LogP contribution >= 0.6 is 0 Å². The van der Waals surface area contributed by atoms with Gasteiger partial charge in [-0.05, 0) is 0 Å². The van der Waals surface area contributed by atoms with Crippen LogP contribution in [-0.4, -0.2) is 31.0 Å². The molecule has 0 rings (SSSR count). The SMILES string of the molecule is C=C([CH2][Sn]([CH3])([CH3])[CH3])C(=O)OCC. The average molecular weight is 277 g/mol. The van der Waals surface area contributed by atoms with E-state index in [4.69, 9.17) is 4.74 Å². The number of ether oxygens (including phenoxy) is 1. The summed E-state index contributed by atoms with van der Waals surface area (Å²) in [7, 11) is 0. The Morgan fingerprint density at radius 1 is 1.42 bits per heavy atom. The number of hydrogen-bond donors (Lipinski definition) is 0. The van der Waals surface area contributed by atoms with Gasteiger partial charge in [0.05, 0.1) is 0 Å². The molecule has 0 radical (unpaired) electrons. The van der Waals surface area contributed by atoms with Crippen molar-refractivity contribution in [3.8, 4) is 0 Å². The predicted molar refractivity (Wildman–Crippen MR) is 53.9 cm³/mol. The average Bonchev–Trinajstić information content (AvgIpc) is 1.84. The van der Waals surface area contributed by atoms with Crippen LogP contribution in [0, 0.1) is 0 Å². The van der Waals surface area contributed by atoms with Crippen molar-refractivity contribution in [2.75, 3.05) is 6.61 Å². The molecular weight excluding hydrogens is 259 g/mol. The van der Waals surface area contributed by atoms with Crippen LogP contribution in [0.1, 0.15) is 6.92 Å². The van der Waals surface area contributed by atoms with E-state index in [0.717, 1.165) is 4.44 Å². The monoisotopic (exact) mass is 278 g/mol. The van der Waals surface area contributed by atoms with E-state index in [1.165, 1.54) is 0 Å². The fourth-order valence-corrected chi connectivity index (χ4v) is 5.01. The first-order valence-electron chi connectivity index (χ1n) is 4.21. The summed E-state index contributed by atoms with van der Waals surface area (Å²) >= 11 is -1.88. The molecule has 0 spiro atoms. The first kappa shape index (κ1) is 12.0. The number of hydrogen-bond acceptors (Lipinski definition) is 2. The summed E-state index contributed by atoms with van der Waals surface area (Å²) in [6, 6.07) is 0. The molecule has 0 aliphatic rings. The second kappa shape index (κ2) is 4.90. The van der Waals surface area contributed by atoms with E-state index in [1.54, 1.807) is 0 Å². The van der Waals surface area contributed by atoms with E-state index in [2.05, 4.69) is 21.4 Å². The van der Waals surface area contributed by atoms with Crippen molar-refractivity contribution in [2.24, 2.45) is 0 Å². The second-order valence-electron chi connectivity index (χ2n) is 4.06. The molecule has 3 heteroatoms. The van der Waals surface area contributed by atoms with Crippen LogP contribution in [-0.2, 0) is 9.53 Å². The zero-order chi connectivity index (χ0) is 9.78. The van der Waals surface area contributed by atoms with Crippen LogP contribution in [0.25, 0.3) is 0 Å². The van der Waals surface area contributed by atoms with Gasteiger partial charge in [-0.25, -0.2) is 0 Å². The zero-order valence-corrected chi connectivity index (χ0v) is 11.3. The molecule has 12 heavy (non-hydrogen) atoms. The predicted octanol–water partition coefficient (Wildman–Crippen LogP) is 2.44. The normalized spacial score (nSPS) is 11.0. The maximum atomic E-state index is 11.1. The molecule has 0 aromatic heterocycles. The van der Waals surface area contributed by atoms with Crippen LogP contribution in [0.5, 0.6) is 0 Å². The van der Waals surface area contributed by atoms with Crippen LogP contribution in [0.4, 0.5) is 0 Å². The molecule has 0 N–H and O–H groups in total. The van der Waals surface area contributed by atoms with Gasteiger partial charge >= 0.3 is 78.8 Å². The van der Waals surface area contributed by atoms with E-state index >= 15 is 0 Å². The van der Waals surface area contributed by atoms with E-state index in [1.807, 2.05) is 6.92 Å². The minimum absolute atomic E-state index is 0.218. The van der Waals surface area contributed by atoms with Gasteiger partial charge in [0.1, 0.15) is 0 Å². The summed E-state index contributed by atoms with van der Waals surface area (Å²) in [6.45, 7) is 5.99. The van der Waals surface area contributed by atoms with Crippen molar-refractivity contribution < 1.29 is 9.53 Å². The topological polar surface area (TPSA) is 26.3 Å². The van der Waals surface area contributed by atoms with Crippen molar-refractivity contribution >= 4 is 24.3 Å². The fourth-order valence-electron chi connectivity index (χ4n) is 0.945. The molecule has 0 aliphatic heterocycles. The van der Waals surface area contributed by atoms with Gasteiger partial charge in [0.15, 0.2) is 0 Å². The molecule has 0 aromatic rings. The van der Waals surface area contributed by atoms with Gasteiger partial charge in [-0.3, -0.25) is 0 Å². The molecule has 0 saturated heterocycles. The molecule has 0 aromatic carbocycles. The summed E-state index contributed by atoms with van der Waals surface area (Å²) in [6.07, 6.45) is 0. The fraction of sp³-hybridized carbons (Fsp3) is 0.667. The Labute approximate surface area is 78.9 Å². The molecular formula is C9H18O2Sn. The van der Waals surface area contributed by atoms with Crippen LogP contribution in [0.15, 0.2) is 12.2 Å². The third-order valence-corrected chi connectivity index (χ3v) is 5.55. The number of carbonyl (C=O) groups is 1. The molecule has 0 aliphatic carbocycles. The molecule has 0 amide bonds. The summed E-state index contributed by atoms with van der Waals surface area (Å²) in [5, 5.41) is 0. The molecule has 70 valence electrons. The van der Waals surface area contributed by atoms with Crippen LogP contribution in [0.3, 0.4) is 0 Å². The van der Waals surface area contributed by atoms with E-state index in [-0.39, 0.29) is 5.97 Å². The van der Waals surface area contributed by atoms with Gasteiger partial charge in [-0.15, -0.1) is 0 Å². The van der Waals surface area contributed by atoms with Gasteiger partial charge in [0.2, 0.25) is 0 Å². The summed E-state index contributed by atoms with van der Waals surface area (Å²) in [5.41, 5.74) is 0.653. The first-order chi connectivity index (χ1) is 5.37. The molecule has 0 heterocycles. The van der Waals surface area contributed by atoms with Gasteiger partial charge in [-0.1, -0.05) is 0 Å². The van der Waals surface area contributed by atoms with Crippen molar-refractivity contribution in [3.63, 3.8) is 0 Å². The third kappa shape index (κ3) is 5.63. The molecule has 2 nitrogen and oxygen atoms in total. The Morgan fingerprint density at radius 2 is 1.92 bits per heavy atom. The molecule has 0 atom stereocenters. The number of esters is 1. The zero-order valence-electron chi connectivity index (χ0n) is 8.44. The molecule has 0 saturated carbocycles. The Hall–Kier alpha value is 0.00870. The van der Waals surface area contributed by atoms with Gasteiger partial charge in [0, 0.05) is 0 Å². The van der Waals surface area contributed by atoms with Gasteiger partial charge in [-0.2, -0.15) is 0 Å². The Bertz CT molecular complexity index is 179. The van der Waals surface area contributed by atoms with Gasteiger partial charge in [0.25, 0.3) is 0 Å². The minimum atomic E-state index is -1.88. The van der Waals surface area contributed by atoms with Gasteiger partial charge < -0.3 is 0 Å². The molecule has 0 unspecified atom stereocenters. The van der Waals surface area contributed by atoms with Crippen molar-refractivity contribution in [1.29, 1.82) is 0 Å². The molecule has 0 fully saturated rings. The standard InChI is InChI=1S/C6H9O2.3CH3.Sn/c1-4-8-6(7)5(2)3;;;;/h2-4H2,1H3;3*1H3;. The quantitative estimate of drug-likeness (QED) is 0.448. The van der Waals surface area contributed by atoms with E-state index < -0.39 is 18.4 Å². The van der Waals surface area contributed by atoms with Crippen molar-refractivity contribution in [2.45, 2.75) is 26.2 Å². The summed E-state index contributed by atoms with van der Waals surface area (Å²) in [5.74, 6) is -0.218. The third-order valence-electron chi connectivity index (χ3n) is 1.31. The number of rotatable bonds is 4. The van der Waals surface area contributed by atoms with E-state index in [9.17, 15) is 4.79 Å². The van der Waals surface area contributed by atoms with Crippen LogP contribution in [0.2, 0.25) is 19.3 Å². The summed E-state index contributed by atoms with van der Waals surface area (Å²) in [4.78, 5) is 18.0. The Morgan fingerprint density at radius 3 is 2.25 bits per heavy atom. The number of carbonyl (C=O) groups excluding carboxylic acids is 1. The van der Waals surface area contributed by atoms with Crippen LogP contribution < -0.4 is 0 Å². The molecule has 0 bridgehead atoms. The second-order valence-corrected chi connectivity index (χ2v) is 19.7. The van der Waals surface area contributed by atoms with Crippen molar-refractivity contribution in [3.05, 3.63) is 12.2 Å². The summed E-state index contributed by atoms with van der Waals surface area (Å²) < 4.78 is 5.74.